The first-order chi connectivity index (χ1) is 23.3. The minimum atomic E-state index is -4.75. The van der Waals surface area contributed by atoms with Gasteiger partial charge in [-0.2, -0.15) is 0 Å². The number of phosphoric ester groups is 1. The highest BCUT2D eigenvalue weighted by molar-refractivity contribution is 7.46. The molecule has 0 saturated heterocycles. The number of carbonyl (C=O) groups excluding carboxylic acids is 2. The zero-order valence-electron chi connectivity index (χ0n) is 30.9. The van der Waals surface area contributed by atoms with Crippen LogP contribution in [0.15, 0.2) is 24.3 Å². The maximum Gasteiger partial charge on any atom is 0.469 e. The summed E-state index contributed by atoms with van der Waals surface area (Å²) in [7, 11) is -4.75. The second-order valence-corrected chi connectivity index (χ2v) is 14.5. The number of esters is 2. The van der Waals surface area contributed by atoms with Crippen molar-refractivity contribution in [1.29, 1.82) is 0 Å². The number of hydrogen-bond donors (Lipinski definition) is 2. The van der Waals surface area contributed by atoms with Gasteiger partial charge >= 0.3 is 19.8 Å². The Balaban J connectivity index is 3.96. The fourth-order valence-electron chi connectivity index (χ4n) is 5.48. The lowest BCUT2D eigenvalue weighted by Crippen LogP contribution is -2.29. The third-order valence-electron chi connectivity index (χ3n) is 8.44. The van der Waals surface area contributed by atoms with E-state index in [4.69, 9.17) is 19.3 Å². The van der Waals surface area contributed by atoms with Gasteiger partial charge in [-0.25, -0.2) is 4.57 Å². The molecule has 9 heteroatoms. The summed E-state index contributed by atoms with van der Waals surface area (Å²) < 4.78 is 26.3. The molecule has 0 spiro atoms. The van der Waals surface area contributed by atoms with Crippen LogP contribution in [0.3, 0.4) is 0 Å². The third kappa shape index (κ3) is 37.4. The van der Waals surface area contributed by atoms with Crippen LogP contribution in [-0.4, -0.2) is 41.0 Å². The Bertz CT molecular complexity index is 838. The highest BCUT2D eigenvalue weighted by Crippen LogP contribution is 2.36. The van der Waals surface area contributed by atoms with Gasteiger partial charge in [-0.1, -0.05) is 141 Å². The average molecular weight is 701 g/mol. The van der Waals surface area contributed by atoms with Crippen LogP contribution in [-0.2, 0) is 28.2 Å². The molecule has 0 rings (SSSR count). The summed E-state index contributed by atoms with van der Waals surface area (Å²) >= 11 is 0. The summed E-state index contributed by atoms with van der Waals surface area (Å²) in [6.45, 7) is 3.66. The maximum absolute atomic E-state index is 12.4. The fourth-order valence-corrected chi connectivity index (χ4v) is 5.84. The number of carbonyl (C=O) groups is 2. The van der Waals surface area contributed by atoms with Crippen LogP contribution < -0.4 is 0 Å². The molecular weight excluding hydrogens is 627 g/mol. The highest BCUT2D eigenvalue weighted by Gasteiger charge is 2.22. The van der Waals surface area contributed by atoms with Crippen molar-refractivity contribution in [2.24, 2.45) is 0 Å². The third-order valence-corrected chi connectivity index (χ3v) is 8.93. The number of phosphoric acid groups is 1. The zero-order chi connectivity index (χ0) is 35.4. The molecule has 0 aliphatic heterocycles. The minimum absolute atomic E-state index is 0.207. The molecule has 0 aromatic heterocycles. The van der Waals surface area contributed by atoms with E-state index in [2.05, 4.69) is 42.7 Å². The van der Waals surface area contributed by atoms with E-state index in [0.29, 0.717) is 12.8 Å². The SMILES string of the molecule is CCCCCC/C=C\CCCCCCCCCC(=O)O[C@H](COC(=O)CCCCCCC/C=C\CCCCCCCC)COP(=O)(O)O. The average Bonchev–Trinajstić information content (AvgIpc) is 3.05. The van der Waals surface area contributed by atoms with Crippen LogP contribution in [0.5, 0.6) is 0 Å². The molecule has 0 aliphatic carbocycles. The number of allylic oxidation sites excluding steroid dienone is 4. The Morgan fingerprint density at radius 2 is 0.875 bits per heavy atom. The molecule has 8 nitrogen and oxygen atoms in total. The molecule has 0 saturated carbocycles. The van der Waals surface area contributed by atoms with Crippen LogP contribution in [0.1, 0.15) is 194 Å². The van der Waals surface area contributed by atoms with Crippen molar-refractivity contribution in [2.45, 2.75) is 200 Å². The van der Waals surface area contributed by atoms with E-state index < -0.39 is 32.5 Å². The molecule has 0 radical (unpaired) electrons. The van der Waals surface area contributed by atoms with Gasteiger partial charge in [0.2, 0.25) is 0 Å². The molecule has 0 fully saturated rings. The summed E-state index contributed by atoms with van der Waals surface area (Å²) in [6.07, 6.45) is 38.9. The van der Waals surface area contributed by atoms with Gasteiger partial charge in [0.25, 0.3) is 0 Å². The lowest BCUT2D eigenvalue weighted by atomic mass is 10.1. The lowest BCUT2D eigenvalue weighted by Gasteiger charge is -2.18. The van der Waals surface area contributed by atoms with Crippen molar-refractivity contribution in [2.75, 3.05) is 13.2 Å². The van der Waals surface area contributed by atoms with Gasteiger partial charge in [-0.15, -0.1) is 0 Å². The molecule has 0 amide bonds. The minimum Gasteiger partial charge on any atom is -0.462 e. The van der Waals surface area contributed by atoms with Crippen LogP contribution in [0.4, 0.5) is 0 Å². The van der Waals surface area contributed by atoms with E-state index in [1.54, 1.807) is 0 Å². The standard InChI is InChI=1S/C39H73O8P/c1-3-5-7-9-11-13-15-17-19-21-23-25-27-29-31-33-38(40)45-35-37(36-46-48(42,43)44)47-39(41)34-32-30-28-26-24-22-20-18-16-14-12-10-8-6-4-2/h14,16-17,19,37H,3-13,15,18,20-36H2,1-2H3,(H2,42,43,44)/b16-14-,19-17-/t37-/m1/s1. The fraction of sp³-hybridized carbons (Fsp3) is 0.846. The first-order valence-corrected chi connectivity index (χ1v) is 21.2. The van der Waals surface area contributed by atoms with Gasteiger partial charge in [0, 0.05) is 12.8 Å². The van der Waals surface area contributed by atoms with E-state index >= 15 is 0 Å². The van der Waals surface area contributed by atoms with Gasteiger partial charge in [0.05, 0.1) is 6.61 Å². The van der Waals surface area contributed by atoms with E-state index in [9.17, 15) is 14.2 Å². The van der Waals surface area contributed by atoms with Crippen molar-refractivity contribution in [3.8, 4) is 0 Å². The molecule has 2 N–H and O–H groups in total. The summed E-state index contributed by atoms with van der Waals surface area (Å²) in [6, 6.07) is 0. The van der Waals surface area contributed by atoms with Crippen LogP contribution in [0, 0.1) is 0 Å². The monoisotopic (exact) mass is 701 g/mol. The van der Waals surface area contributed by atoms with Crippen LogP contribution in [0.2, 0.25) is 0 Å². The van der Waals surface area contributed by atoms with Crippen LogP contribution >= 0.6 is 7.82 Å². The smallest absolute Gasteiger partial charge is 0.462 e. The van der Waals surface area contributed by atoms with Gasteiger partial charge in [-0.3, -0.25) is 14.1 Å². The first kappa shape index (κ1) is 46.5. The van der Waals surface area contributed by atoms with E-state index in [1.807, 2.05) is 0 Å². The molecule has 0 aromatic carbocycles. The van der Waals surface area contributed by atoms with Crippen molar-refractivity contribution in [3.05, 3.63) is 24.3 Å². The normalized spacial score (nSPS) is 12.7. The van der Waals surface area contributed by atoms with Crippen LogP contribution in [0.25, 0.3) is 0 Å². The Morgan fingerprint density at radius 3 is 1.29 bits per heavy atom. The molecule has 0 heterocycles. The second-order valence-electron chi connectivity index (χ2n) is 13.2. The lowest BCUT2D eigenvalue weighted by molar-refractivity contribution is -0.161. The number of unbranched alkanes of at least 4 members (excludes halogenated alkanes) is 22. The summed E-state index contributed by atoms with van der Waals surface area (Å²) in [4.78, 5) is 42.7. The molecule has 1 atom stereocenters. The predicted octanol–water partition coefficient (Wildman–Crippen LogP) is 11.6. The Morgan fingerprint density at radius 1 is 0.521 bits per heavy atom. The largest absolute Gasteiger partial charge is 0.469 e. The summed E-state index contributed by atoms with van der Waals surface area (Å²) in [5.74, 6) is -0.896. The zero-order valence-corrected chi connectivity index (χ0v) is 31.8. The second kappa shape index (κ2) is 35.4. The van der Waals surface area contributed by atoms with Crippen molar-refractivity contribution < 1.29 is 37.9 Å². The topological polar surface area (TPSA) is 119 Å². The first-order valence-electron chi connectivity index (χ1n) is 19.6. The summed E-state index contributed by atoms with van der Waals surface area (Å²) in [5.41, 5.74) is 0. The number of ether oxygens (including phenoxy) is 2. The van der Waals surface area contributed by atoms with Crippen molar-refractivity contribution in [3.63, 3.8) is 0 Å². The van der Waals surface area contributed by atoms with Gasteiger partial charge < -0.3 is 19.3 Å². The van der Waals surface area contributed by atoms with Crippen molar-refractivity contribution >= 4 is 19.8 Å². The molecule has 0 aromatic rings. The highest BCUT2D eigenvalue weighted by atomic mass is 31.2. The predicted molar refractivity (Wildman–Crippen MR) is 198 cm³/mol. The molecule has 0 bridgehead atoms. The Kier molecular flexibility index (Phi) is 34.3. The van der Waals surface area contributed by atoms with Crippen molar-refractivity contribution in [1.82, 2.24) is 0 Å². The molecule has 0 unspecified atom stereocenters. The van der Waals surface area contributed by atoms with Gasteiger partial charge in [-0.05, 0) is 64.2 Å². The van der Waals surface area contributed by atoms with E-state index in [1.165, 1.54) is 96.3 Å². The van der Waals surface area contributed by atoms with E-state index in [0.717, 1.165) is 57.8 Å². The quantitative estimate of drug-likeness (QED) is 0.0287. The Labute approximate surface area is 294 Å². The van der Waals surface area contributed by atoms with E-state index in [-0.39, 0.29) is 19.4 Å². The molecular formula is C39H73O8P. The number of rotatable bonds is 36. The van der Waals surface area contributed by atoms with Gasteiger partial charge in [0.1, 0.15) is 6.61 Å². The molecule has 0 aliphatic rings. The Hall–Kier alpha value is -1.47. The summed E-state index contributed by atoms with van der Waals surface area (Å²) in [5, 5.41) is 0. The molecule has 48 heavy (non-hydrogen) atoms. The maximum atomic E-state index is 12.4. The molecule has 282 valence electrons. The van der Waals surface area contributed by atoms with Gasteiger partial charge in [0.15, 0.2) is 6.10 Å². The number of hydrogen-bond acceptors (Lipinski definition) is 6.